The Morgan fingerprint density at radius 3 is 2.33 bits per heavy atom. The number of nitrogens with one attached hydrogen (secondary N) is 1. The van der Waals surface area contributed by atoms with E-state index in [9.17, 15) is 14.7 Å². The summed E-state index contributed by atoms with van der Waals surface area (Å²) in [7, 11) is 1.57. The second-order valence-electron chi connectivity index (χ2n) is 7.13. The number of carboxylic acids is 1. The number of aromatic nitrogens is 2. The Morgan fingerprint density at radius 2 is 1.67 bits per heavy atom. The first-order valence-corrected chi connectivity index (χ1v) is 10.2. The third-order valence-corrected chi connectivity index (χ3v) is 4.92. The molecule has 0 unspecified atom stereocenters. The van der Waals surface area contributed by atoms with Crippen molar-refractivity contribution in [3.05, 3.63) is 108 Å². The molecule has 0 saturated heterocycles. The summed E-state index contributed by atoms with van der Waals surface area (Å²) in [4.78, 5) is 24.5. The number of benzene rings is 3. The fourth-order valence-electron chi connectivity index (χ4n) is 3.29. The number of methoxy groups -OCH3 is 1. The van der Waals surface area contributed by atoms with Crippen molar-refractivity contribution in [2.45, 2.75) is 0 Å². The number of carbonyl (C=O) groups is 2. The van der Waals surface area contributed by atoms with Crippen LogP contribution in [0.1, 0.15) is 15.9 Å². The number of hydrogen-bond donors (Lipinski definition) is 2. The molecule has 33 heavy (non-hydrogen) atoms. The Balaban J connectivity index is 1.79. The van der Waals surface area contributed by atoms with Gasteiger partial charge in [0.25, 0.3) is 5.91 Å². The number of ether oxygens (including phenoxy) is 1. The summed E-state index contributed by atoms with van der Waals surface area (Å²) in [6.45, 7) is 0. The number of hydrogen-bond acceptors (Lipinski definition) is 4. The van der Waals surface area contributed by atoms with Crippen molar-refractivity contribution >= 4 is 18.0 Å². The van der Waals surface area contributed by atoms with Crippen molar-refractivity contribution in [1.82, 2.24) is 15.1 Å². The van der Waals surface area contributed by atoms with Gasteiger partial charge < -0.3 is 15.2 Å². The highest BCUT2D eigenvalue weighted by atomic mass is 16.5. The van der Waals surface area contributed by atoms with Crippen LogP contribution in [0, 0.1) is 0 Å². The molecule has 164 valence electrons. The van der Waals surface area contributed by atoms with E-state index in [1.54, 1.807) is 48.3 Å². The Morgan fingerprint density at radius 1 is 0.970 bits per heavy atom. The summed E-state index contributed by atoms with van der Waals surface area (Å²) >= 11 is 0. The van der Waals surface area contributed by atoms with Gasteiger partial charge in [0.1, 0.15) is 17.1 Å². The van der Waals surface area contributed by atoms with Gasteiger partial charge in [-0.15, -0.1) is 0 Å². The number of rotatable bonds is 7. The van der Waals surface area contributed by atoms with Crippen molar-refractivity contribution in [2.75, 3.05) is 7.11 Å². The number of para-hydroxylation sites is 1. The van der Waals surface area contributed by atoms with Gasteiger partial charge in [-0.05, 0) is 42.5 Å². The van der Waals surface area contributed by atoms with Crippen molar-refractivity contribution in [1.29, 1.82) is 0 Å². The molecule has 0 saturated carbocycles. The van der Waals surface area contributed by atoms with Gasteiger partial charge in [-0.25, -0.2) is 9.48 Å². The van der Waals surface area contributed by atoms with Crippen molar-refractivity contribution in [2.24, 2.45) is 0 Å². The molecular formula is C26H21N3O4. The van der Waals surface area contributed by atoms with E-state index in [1.165, 1.54) is 6.08 Å². The molecule has 0 aliphatic carbocycles. The summed E-state index contributed by atoms with van der Waals surface area (Å²) in [5.74, 6) is -1.13. The van der Waals surface area contributed by atoms with Crippen molar-refractivity contribution in [3.63, 3.8) is 0 Å². The van der Waals surface area contributed by atoms with Crippen LogP contribution in [0.25, 0.3) is 23.0 Å². The average Bonchev–Trinajstić information content (AvgIpc) is 3.28. The summed E-state index contributed by atoms with van der Waals surface area (Å²) in [6, 6.07) is 25.2. The van der Waals surface area contributed by atoms with E-state index < -0.39 is 11.9 Å². The maximum Gasteiger partial charge on any atom is 0.352 e. The Labute approximate surface area is 190 Å². The minimum Gasteiger partial charge on any atom is -0.497 e. The SMILES string of the molecule is COc1cccc(-c2nn(-c3ccccc3)cc2/C=C(/NC(=O)c2ccccc2)C(=O)O)c1. The first kappa shape index (κ1) is 21.6. The van der Waals surface area contributed by atoms with Crippen molar-refractivity contribution < 1.29 is 19.4 Å². The highest BCUT2D eigenvalue weighted by molar-refractivity contribution is 6.03. The van der Waals surface area contributed by atoms with Gasteiger partial charge in [-0.3, -0.25) is 4.79 Å². The lowest BCUT2D eigenvalue weighted by Gasteiger charge is -2.07. The van der Waals surface area contributed by atoms with E-state index >= 15 is 0 Å². The average molecular weight is 439 g/mol. The van der Waals surface area contributed by atoms with E-state index in [2.05, 4.69) is 10.4 Å². The fourth-order valence-corrected chi connectivity index (χ4v) is 3.29. The Hall–Kier alpha value is -4.65. The summed E-state index contributed by atoms with van der Waals surface area (Å²) in [5.41, 5.74) is 2.72. The van der Waals surface area contributed by atoms with Gasteiger partial charge in [0.15, 0.2) is 0 Å². The molecule has 2 N–H and O–H groups in total. The molecule has 0 atom stereocenters. The maximum absolute atomic E-state index is 12.6. The first-order chi connectivity index (χ1) is 16.0. The molecule has 0 radical (unpaired) electrons. The summed E-state index contributed by atoms with van der Waals surface area (Å²) in [5, 5.41) is 16.9. The molecule has 7 nitrogen and oxygen atoms in total. The minimum atomic E-state index is -1.26. The lowest BCUT2D eigenvalue weighted by Crippen LogP contribution is -2.27. The molecule has 4 rings (SSSR count). The quantitative estimate of drug-likeness (QED) is 0.416. The number of nitrogens with zero attached hydrogens (tertiary/aromatic N) is 2. The Bertz CT molecular complexity index is 1310. The number of aliphatic carboxylic acids is 1. The van der Waals surface area contributed by atoms with Crippen LogP contribution >= 0.6 is 0 Å². The van der Waals surface area contributed by atoms with Crippen LogP contribution in [0.5, 0.6) is 5.75 Å². The number of carboxylic acid groups (broad SMARTS) is 1. The van der Waals surface area contributed by atoms with Crippen LogP contribution in [-0.4, -0.2) is 33.9 Å². The molecule has 0 fully saturated rings. The van der Waals surface area contributed by atoms with Crippen molar-refractivity contribution in [3.8, 4) is 22.7 Å². The molecule has 3 aromatic carbocycles. The van der Waals surface area contributed by atoms with Crippen LogP contribution in [0.2, 0.25) is 0 Å². The van der Waals surface area contributed by atoms with Gasteiger partial charge >= 0.3 is 5.97 Å². The standard InChI is InChI=1S/C26H21N3O4/c1-33-22-14-8-11-19(15-22)24-20(17-29(28-24)21-12-6-3-7-13-21)16-23(26(31)32)27-25(30)18-9-4-2-5-10-18/h2-17H,1H3,(H,27,30)(H,31,32)/b23-16+. The fraction of sp³-hybridized carbons (Fsp3) is 0.0385. The zero-order valence-corrected chi connectivity index (χ0v) is 17.8. The smallest absolute Gasteiger partial charge is 0.352 e. The van der Waals surface area contributed by atoms with Gasteiger partial charge in [0, 0.05) is 22.9 Å². The van der Waals surface area contributed by atoms with Crippen LogP contribution < -0.4 is 10.1 Å². The maximum atomic E-state index is 12.6. The predicted octanol–water partition coefficient (Wildman–Crippen LogP) is 4.40. The monoisotopic (exact) mass is 439 g/mol. The molecule has 0 spiro atoms. The third kappa shape index (κ3) is 4.99. The molecule has 0 aliphatic rings. The first-order valence-electron chi connectivity index (χ1n) is 10.2. The molecule has 0 aliphatic heterocycles. The molecule has 7 heteroatoms. The predicted molar refractivity (Wildman–Crippen MR) is 125 cm³/mol. The van der Waals surface area contributed by atoms with Gasteiger partial charge in [-0.1, -0.05) is 48.5 Å². The van der Waals surface area contributed by atoms with Gasteiger partial charge in [0.05, 0.1) is 12.8 Å². The summed E-state index contributed by atoms with van der Waals surface area (Å²) in [6.07, 6.45) is 3.13. The van der Waals surface area contributed by atoms with Crippen LogP contribution in [-0.2, 0) is 4.79 Å². The second-order valence-corrected chi connectivity index (χ2v) is 7.13. The van der Waals surface area contributed by atoms with Gasteiger partial charge in [0.2, 0.25) is 0 Å². The van der Waals surface area contributed by atoms with E-state index in [4.69, 9.17) is 4.74 Å². The van der Waals surface area contributed by atoms with E-state index in [0.717, 1.165) is 11.3 Å². The van der Waals surface area contributed by atoms with E-state index in [1.807, 2.05) is 54.6 Å². The van der Waals surface area contributed by atoms with Gasteiger partial charge in [-0.2, -0.15) is 5.10 Å². The van der Waals surface area contributed by atoms with Crippen LogP contribution in [0.3, 0.4) is 0 Å². The minimum absolute atomic E-state index is 0.263. The largest absolute Gasteiger partial charge is 0.497 e. The van der Waals surface area contributed by atoms with Crippen LogP contribution in [0.15, 0.2) is 96.8 Å². The zero-order valence-electron chi connectivity index (χ0n) is 17.8. The molecule has 0 bridgehead atoms. The molecule has 1 heterocycles. The third-order valence-electron chi connectivity index (χ3n) is 4.92. The van der Waals surface area contributed by atoms with E-state index in [-0.39, 0.29) is 5.70 Å². The Kier molecular flexibility index (Phi) is 6.31. The number of amides is 1. The lowest BCUT2D eigenvalue weighted by molar-refractivity contribution is -0.132. The zero-order chi connectivity index (χ0) is 23.2. The van der Waals surface area contributed by atoms with E-state index in [0.29, 0.717) is 22.6 Å². The summed E-state index contributed by atoms with van der Waals surface area (Å²) < 4.78 is 6.99. The lowest BCUT2D eigenvalue weighted by atomic mass is 10.1. The van der Waals surface area contributed by atoms with Crippen LogP contribution in [0.4, 0.5) is 0 Å². The highest BCUT2D eigenvalue weighted by Crippen LogP contribution is 2.28. The highest BCUT2D eigenvalue weighted by Gasteiger charge is 2.17. The normalized spacial score (nSPS) is 11.1. The molecule has 4 aromatic rings. The molecular weight excluding hydrogens is 418 g/mol. The second kappa shape index (κ2) is 9.65. The number of carbonyl (C=O) groups excluding carboxylic acids is 1. The molecule has 1 aromatic heterocycles. The topological polar surface area (TPSA) is 93.5 Å². The molecule has 1 amide bonds.